The van der Waals surface area contributed by atoms with E-state index in [0.29, 0.717) is 19.7 Å². The van der Waals surface area contributed by atoms with Crippen LogP contribution < -0.4 is 5.32 Å². The van der Waals surface area contributed by atoms with Gasteiger partial charge in [-0.15, -0.1) is 0 Å². The predicted molar refractivity (Wildman–Crippen MR) is 72.2 cm³/mol. The van der Waals surface area contributed by atoms with E-state index in [1.165, 1.54) is 0 Å². The number of carbonyl (C=O) groups is 1. The molecule has 6 nitrogen and oxygen atoms in total. The first-order valence-electron chi connectivity index (χ1n) is 7.15. The van der Waals surface area contributed by atoms with Crippen molar-refractivity contribution in [1.29, 1.82) is 0 Å². The van der Waals surface area contributed by atoms with Crippen LogP contribution in [0.3, 0.4) is 0 Å². The lowest BCUT2D eigenvalue weighted by atomic mass is 10.2. The summed E-state index contributed by atoms with van der Waals surface area (Å²) < 4.78 is 11.0. The number of hydrogen-bond acceptors (Lipinski definition) is 5. The van der Waals surface area contributed by atoms with Crippen LogP contribution in [0.25, 0.3) is 0 Å². The Morgan fingerprint density at radius 3 is 2.53 bits per heavy atom. The molecule has 0 aromatic rings. The number of rotatable bonds is 3. The zero-order valence-corrected chi connectivity index (χ0v) is 11.9. The van der Waals surface area contributed by atoms with Crippen LogP contribution in [-0.4, -0.2) is 80.5 Å². The molecule has 0 saturated carbocycles. The largest absolute Gasteiger partial charge is 0.448 e. The van der Waals surface area contributed by atoms with Crippen LogP contribution >= 0.6 is 0 Å². The van der Waals surface area contributed by atoms with Crippen molar-refractivity contribution in [2.24, 2.45) is 0 Å². The van der Waals surface area contributed by atoms with Crippen molar-refractivity contribution in [2.75, 3.05) is 52.4 Å². The van der Waals surface area contributed by atoms with Gasteiger partial charge in [-0.2, -0.15) is 0 Å². The lowest BCUT2D eigenvalue weighted by molar-refractivity contribution is -0.0642. The number of hydrogen-bond donors (Lipinski definition) is 1. The maximum Gasteiger partial charge on any atom is 0.409 e. The van der Waals surface area contributed by atoms with Crippen LogP contribution in [0.4, 0.5) is 4.79 Å². The van der Waals surface area contributed by atoms with Gasteiger partial charge in [0, 0.05) is 32.7 Å². The van der Waals surface area contributed by atoms with Crippen LogP contribution in [0.1, 0.15) is 13.8 Å². The minimum absolute atomic E-state index is 0.0875. The molecular formula is C13H25N3O3. The Kier molecular flexibility index (Phi) is 5.42. The highest BCUT2D eigenvalue weighted by Crippen LogP contribution is 2.11. The molecule has 2 heterocycles. The number of piperazine rings is 1. The minimum Gasteiger partial charge on any atom is -0.448 e. The summed E-state index contributed by atoms with van der Waals surface area (Å²) in [7, 11) is 0. The first kappa shape index (κ1) is 14.6. The van der Waals surface area contributed by atoms with Crippen LogP contribution in [0.2, 0.25) is 0 Å². The van der Waals surface area contributed by atoms with Crippen LogP contribution in [0, 0.1) is 0 Å². The fourth-order valence-corrected chi connectivity index (χ4v) is 2.62. The molecule has 19 heavy (non-hydrogen) atoms. The molecule has 2 rings (SSSR count). The molecule has 2 aliphatic heterocycles. The molecule has 2 aliphatic rings. The zero-order valence-electron chi connectivity index (χ0n) is 11.9. The number of amides is 1. The van der Waals surface area contributed by atoms with Gasteiger partial charge in [0.2, 0.25) is 0 Å². The maximum atomic E-state index is 11.9. The Morgan fingerprint density at radius 2 is 1.89 bits per heavy atom. The third-order valence-corrected chi connectivity index (χ3v) is 3.52. The summed E-state index contributed by atoms with van der Waals surface area (Å²) in [4.78, 5) is 16.0. The highest BCUT2D eigenvalue weighted by Gasteiger charge is 2.26. The van der Waals surface area contributed by atoms with E-state index < -0.39 is 0 Å². The van der Waals surface area contributed by atoms with E-state index in [4.69, 9.17) is 9.47 Å². The van der Waals surface area contributed by atoms with Crippen LogP contribution in [0.15, 0.2) is 0 Å². The summed E-state index contributed by atoms with van der Waals surface area (Å²) in [6.45, 7) is 10.6. The lowest BCUT2D eigenvalue weighted by Gasteiger charge is -2.34. The Labute approximate surface area is 115 Å². The maximum absolute atomic E-state index is 11.9. The van der Waals surface area contributed by atoms with Gasteiger partial charge in [-0.3, -0.25) is 4.90 Å². The van der Waals surface area contributed by atoms with Crippen molar-refractivity contribution in [1.82, 2.24) is 15.1 Å². The first-order valence-corrected chi connectivity index (χ1v) is 7.15. The van der Waals surface area contributed by atoms with Gasteiger partial charge >= 0.3 is 6.09 Å². The van der Waals surface area contributed by atoms with E-state index in [0.717, 1.165) is 32.7 Å². The molecule has 6 heteroatoms. The molecule has 0 aromatic carbocycles. The van der Waals surface area contributed by atoms with Crippen LogP contribution in [0.5, 0.6) is 0 Å². The normalized spacial score (nSPS) is 29.3. The van der Waals surface area contributed by atoms with E-state index in [-0.39, 0.29) is 18.3 Å². The van der Waals surface area contributed by atoms with Gasteiger partial charge in [0.1, 0.15) is 6.61 Å². The third-order valence-electron chi connectivity index (χ3n) is 3.52. The summed E-state index contributed by atoms with van der Waals surface area (Å²) in [5, 5.41) is 3.30. The van der Waals surface area contributed by atoms with Crippen molar-refractivity contribution in [3.8, 4) is 0 Å². The van der Waals surface area contributed by atoms with E-state index >= 15 is 0 Å². The standard InChI is InChI=1S/C13H25N3O3/c1-11-9-16(10-12(2)19-11)13(17)18-8-7-15-5-3-14-4-6-15/h11-12,14H,3-10H2,1-2H3. The quantitative estimate of drug-likeness (QED) is 0.791. The van der Waals surface area contributed by atoms with Gasteiger partial charge in [-0.25, -0.2) is 4.79 Å². The Balaban J connectivity index is 1.65. The van der Waals surface area contributed by atoms with E-state index in [9.17, 15) is 4.79 Å². The van der Waals surface area contributed by atoms with E-state index in [1.54, 1.807) is 4.90 Å². The van der Waals surface area contributed by atoms with Gasteiger partial charge in [-0.1, -0.05) is 0 Å². The van der Waals surface area contributed by atoms with Crippen LogP contribution in [-0.2, 0) is 9.47 Å². The monoisotopic (exact) mass is 271 g/mol. The van der Waals surface area contributed by atoms with E-state index in [1.807, 2.05) is 13.8 Å². The average molecular weight is 271 g/mol. The molecule has 0 aliphatic carbocycles. The molecule has 0 radical (unpaired) electrons. The van der Waals surface area contributed by atoms with Gasteiger partial charge < -0.3 is 19.7 Å². The number of carbonyl (C=O) groups excluding carboxylic acids is 1. The smallest absolute Gasteiger partial charge is 0.409 e. The topological polar surface area (TPSA) is 54.0 Å². The fourth-order valence-electron chi connectivity index (χ4n) is 2.62. The summed E-state index contributed by atoms with van der Waals surface area (Å²) in [5.74, 6) is 0. The molecule has 2 fully saturated rings. The molecule has 1 amide bonds. The predicted octanol–water partition coefficient (Wildman–Crippen LogP) is 0.137. The molecule has 0 spiro atoms. The number of ether oxygens (including phenoxy) is 2. The first-order chi connectivity index (χ1) is 9.15. The summed E-state index contributed by atoms with van der Waals surface area (Å²) >= 11 is 0. The van der Waals surface area contributed by atoms with Gasteiger partial charge in [0.15, 0.2) is 0 Å². The number of nitrogens with zero attached hydrogens (tertiary/aromatic N) is 2. The zero-order chi connectivity index (χ0) is 13.7. The second kappa shape index (κ2) is 7.07. The summed E-state index contributed by atoms with van der Waals surface area (Å²) in [5.41, 5.74) is 0. The molecule has 0 bridgehead atoms. The Hall–Kier alpha value is -0.850. The Morgan fingerprint density at radius 1 is 1.26 bits per heavy atom. The second-order valence-corrected chi connectivity index (χ2v) is 5.37. The minimum atomic E-state index is -0.211. The molecule has 1 N–H and O–H groups in total. The van der Waals surface area contributed by atoms with Gasteiger partial charge in [-0.05, 0) is 13.8 Å². The second-order valence-electron chi connectivity index (χ2n) is 5.37. The van der Waals surface area contributed by atoms with Crippen molar-refractivity contribution < 1.29 is 14.3 Å². The summed E-state index contributed by atoms with van der Waals surface area (Å²) in [6, 6.07) is 0. The van der Waals surface area contributed by atoms with Gasteiger partial charge in [0.25, 0.3) is 0 Å². The van der Waals surface area contributed by atoms with Crippen molar-refractivity contribution in [3.05, 3.63) is 0 Å². The Bertz CT molecular complexity index is 285. The summed E-state index contributed by atoms with van der Waals surface area (Å²) in [6.07, 6.45) is -0.0360. The number of morpholine rings is 1. The molecule has 110 valence electrons. The third kappa shape index (κ3) is 4.63. The molecule has 2 saturated heterocycles. The average Bonchev–Trinajstić information content (AvgIpc) is 2.38. The molecule has 2 unspecified atom stereocenters. The lowest BCUT2D eigenvalue weighted by Crippen LogP contribution is -2.49. The van der Waals surface area contributed by atoms with Crippen molar-refractivity contribution in [2.45, 2.75) is 26.1 Å². The van der Waals surface area contributed by atoms with Gasteiger partial charge in [0.05, 0.1) is 25.3 Å². The fraction of sp³-hybridized carbons (Fsp3) is 0.923. The van der Waals surface area contributed by atoms with Crippen molar-refractivity contribution in [3.63, 3.8) is 0 Å². The number of nitrogens with one attached hydrogen (secondary N) is 1. The molecule has 0 aromatic heterocycles. The molecular weight excluding hydrogens is 246 g/mol. The molecule has 2 atom stereocenters. The highest BCUT2D eigenvalue weighted by atomic mass is 16.6. The van der Waals surface area contributed by atoms with Crippen molar-refractivity contribution >= 4 is 6.09 Å². The highest BCUT2D eigenvalue weighted by molar-refractivity contribution is 5.67. The van der Waals surface area contributed by atoms with E-state index in [2.05, 4.69) is 10.2 Å². The SMILES string of the molecule is CC1CN(C(=O)OCCN2CCNCC2)CC(C)O1.